The van der Waals surface area contributed by atoms with E-state index >= 15 is 0 Å². The van der Waals surface area contributed by atoms with Crippen LogP contribution in [0, 0.1) is 6.92 Å². The summed E-state index contributed by atoms with van der Waals surface area (Å²) in [5, 5.41) is 0. The molecular formula is C18H23NO. The van der Waals surface area contributed by atoms with Crippen LogP contribution >= 0.6 is 0 Å². The van der Waals surface area contributed by atoms with Gasteiger partial charge >= 0.3 is 0 Å². The first-order valence-corrected chi connectivity index (χ1v) is 7.13. The Kier molecular flexibility index (Phi) is 4.80. The van der Waals surface area contributed by atoms with Gasteiger partial charge in [0.25, 0.3) is 0 Å². The molecule has 0 aromatic heterocycles. The molecule has 0 aliphatic heterocycles. The molecule has 2 N–H and O–H groups in total. The maximum absolute atomic E-state index is 6.01. The molecule has 0 saturated carbocycles. The molecule has 0 radical (unpaired) electrons. The minimum atomic E-state index is -0.0991. The fourth-order valence-corrected chi connectivity index (χ4v) is 2.20. The minimum Gasteiger partial charge on any atom is -0.484 e. The molecule has 0 spiro atoms. The Labute approximate surface area is 121 Å². The molecule has 2 heteroatoms. The van der Waals surface area contributed by atoms with Crippen molar-refractivity contribution in [3.05, 3.63) is 65.2 Å². The van der Waals surface area contributed by atoms with Gasteiger partial charge in [-0.3, -0.25) is 0 Å². The lowest BCUT2D eigenvalue weighted by molar-refractivity contribution is 0.214. The Bertz CT molecular complexity index is 546. The lowest BCUT2D eigenvalue weighted by atomic mass is 10.00. The van der Waals surface area contributed by atoms with Gasteiger partial charge in [-0.2, -0.15) is 0 Å². The zero-order chi connectivity index (χ0) is 14.5. The van der Waals surface area contributed by atoms with E-state index in [0.29, 0.717) is 12.5 Å². The Hall–Kier alpha value is -1.80. The van der Waals surface area contributed by atoms with Crippen LogP contribution in [0.15, 0.2) is 48.5 Å². The van der Waals surface area contributed by atoms with E-state index in [0.717, 1.165) is 11.3 Å². The molecule has 0 heterocycles. The van der Waals surface area contributed by atoms with Crippen LogP contribution in [0.4, 0.5) is 0 Å². The molecule has 2 nitrogen and oxygen atoms in total. The van der Waals surface area contributed by atoms with Crippen LogP contribution in [0.5, 0.6) is 5.75 Å². The second kappa shape index (κ2) is 6.58. The van der Waals surface area contributed by atoms with Crippen molar-refractivity contribution in [3.63, 3.8) is 0 Å². The van der Waals surface area contributed by atoms with E-state index in [1.54, 1.807) is 0 Å². The Morgan fingerprint density at radius 3 is 2.20 bits per heavy atom. The number of ether oxygens (including phenoxy) is 1. The van der Waals surface area contributed by atoms with Crippen LogP contribution in [0.1, 0.15) is 42.6 Å². The molecule has 0 saturated heterocycles. The molecule has 0 aliphatic carbocycles. The summed E-state index contributed by atoms with van der Waals surface area (Å²) in [7, 11) is 0. The molecule has 0 fully saturated rings. The quantitative estimate of drug-likeness (QED) is 0.883. The molecule has 2 rings (SSSR count). The van der Waals surface area contributed by atoms with Gasteiger partial charge < -0.3 is 10.5 Å². The van der Waals surface area contributed by atoms with E-state index in [4.69, 9.17) is 10.5 Å². The molecule has 2 aromatic carbocycles. The summed E-state index contributed by atoms with van der Waals surface area (Å²) in [5.74, 6) is 1.41. The topological polar surface area (TPSA) is 35.2 Å². The first-order chi connectivity index (χ1) is 9.60. The van der Waals surface area contributed by atoms with Crippen molar-refractivity contribution in [2.24, 2.45) is 5.73 Å². The van der Waals surface area contributed by atoms with Gasteiger partial charge in [-0.1, -0.05) is 50.2 Å². The number of hydrogen-bond acceptors (Lipinski definition) is 2. The molecule has 0 bridgehead atoms. The van der Waals surface area contributed by atoms with E-state index in [1.165, 1.54) is 11.1 Å². The average molecular weight is 269 g/mol. The SMILES string of the molecule is Cc1cccc(OC(CN)c2ccc(C(C)C)cc2)c1. The second-order valence-corrected chi connectivity index (χ2v) is 5.48. The van der Waals surface area contributed by atoms with Crippen molar-refractivity contribution in [3.8, 4) is 5.75 Å². The van der Waals surface area contributed by atoms with Crippen molar-refractivity contribution in [2.75, 3.05) is 6.54 Å². The van der Waals surface area contributed by atoms with Gasteiger partial charge in [0.05, 0.1) is 0 Å². The summed E-state index contributed by atoms with van der Waals surface area (Å²) in [4.78, 5) is 0. The normalized spacial score (nSPS) is 12.4. The van der Waals surface area contributed by atoms with Gasteiger partial charge in [0.15, 0.2) is 0 Å². The van der Waals surface area contributed by atoms with Gasteiger partial charge in [-0.15, -0.1) is 0 Å². The fourth-order valence-electron chi connectivity index (χ4n) is 2.20. The van der Waals surface area contributed by atoms with E-state index in [1.807, 2.05) is 18.2 Å². The largest absolute Gasteiger partial charge is 0.484 e. The van der Waals surface area contributed by atoms with Crippen LogP contribution in [-0.4, -0.2) is 6.54 Å². The zero-order valence-electron chi connectivity index (χ0n) is 12.5. The average Bonchev–Trinajstić information content (AvgIpc) is 2.45. The summed E-state index contributed by atoms with van der Waals surface area (Å²) in [6, 6.07) is 16.6. The number of rotatable bonds is 5. The number of hydrogen-bond donors (Lipinski definition) is 1. The number of aryl methyl sites for hydroxylation is 1. The van der Waals surface area contributed by atoms with Gasteiger partial charge in [0.1, 0.15) is 11.9 Å². The smallest absolute Gasteiger partial charge is 0.136 e. The highest BCUT2D eigenvalue weighted by Crippen LogP contribution is 2.24. The van der Waals surface area contributed by atoms with Gasteiger partial charge in [0, 0.05) is 6.54 Å². The van der Waals surface area contributed by atoms with Gasteiger partial charge in [0.2, 0.25) is 0 Å². The molecular weight excluding hydrogens is 246 g/mol. The lowest BCUT2D eigenvalue weighted by Gasteiger charge is -2.19. The standard InChI is InChI=1S/C18H23NO/c1-13(2)15-7-9-16(10-8-15)18(12-19)20-17-6-4-5-14(3)11-17/h4-11,13,18H,12,19H2,1-3H3. The van der Waals surface area contributed by atoms with Crippen LogP contribution in [0.3, 0.4) is 0 Å². The maximum atomic E-state index is 6.01. The second-order valence-electron chi connectivity index (χ2n) is 5.48. The van der Waals surface area contributed by atoms with E-state index in [-0.39, 0.29) is 6.10 Å². The van der Waals surface area contributed by atoms with E-state index in [9.17, 15) is 0 Å². The lowest BCUT2D eigenvalue weighted by Crippen LogP contribution is -2.18. The molecule has 106 valence electrons. The monoisotopic (exact) mass is 269 g/mol. The van der Waals surface area contributed by atoms with Crippen molar-refractivity contribution >= 4 is 0 Å². The Morgan fingerprint density at radius 1 is 1.00 bits per heavy atom. The number of nitrogens with two attached hydrogens (primary N) is 1. The van der Waals surface area contributed by atoms with E-state index < -0.39 is 0 Å². The fraction of sp³-hybridized carbons (Fsp3) is 0.333. The van der Waals surface area contributed by atoms with Crippen LogP contribution < -0.4 is 10.5 Å². The summed E-state index contributed by atoms with van der Waals surface area (Å²) >= 11 is 0. The highest BCUT2D eigenvalue weighted by atomic mass is 16.5. The highest BCUT2D eigenvalue weighted by molar-refractivity contribution is 5.30. The first-order valence-electron chi connectivity index (χ1n) is 7.13. The third kappa shape index (κ3) is 3.61. The van der Waals surface area contributed by atoms with Crippen LogP contribution in [0.2, 0.25) is 0 Å². The predicted octanol–water partition coefficient (Wildman–Crippen LogP) is 4.20. The summed E-state index contributed by atoms with van der Waals surface area (Å²) in [5.41, 5.74) is 9.51. The first kappa shape index (κ1) is 14.6. The predicted molar refractivity (Wildman–Crippen MR) is 84.1 cm³/mol. The molecule has 0 aliphatic rings. The van der Waals surface area contributed by atoms with Crippen molar-refractivity contribution in [1.82, 2.24) is 0 Å². The van der Waals surface area contributed by atoms with Crippen molar-refractivity contribution < 1.29 is 4.74 Å². The summed E-state index contributed by atoms with van der Waals surface area (Å²) in [6.07, 6.45) is -0.0991. The third-order valence-corrected chi connectivity index (χ3v) is 3.46. The third-order valence-electron chi connectivity index (χ3n) is 3.46. The molecule has 20 heavy (non-hydrogen) atoms. The minimum absolute atomic E-state index is 0.0991. The van der Waals surface area contributed by atoms with Crippen LogP contribution in [-0.2, 0) is 0 Å². The molecule has 1 unspecified atom stereocenters. The van der Waals surface area contributed by atoms with Crippen molar-refractivity contribution in [2.45, 2.75) is 32.8 Å². The van der Waals surface area contributed by atoms with Gasteiger partial charge in [-0.05, 0) is 41.7 Å². The maximum Gasteiger partial charge on any atom is 0.136 e. The Morgan fingerprint density at radius 2 is 1.65 bits per heavy atom. The van der Waals surface area contributed by atoms with Crippen LogP contribution in [0.25, 0.3) is 0 Å². The summed E-state index contributed by atoms with van der Waals surface area (Å²) in [6.45, 7) is 6.91. The molecule has 2 aromatic rings. The Balaban J connectivity index is 2.15. The highest BCUT2D eigenvalue weighted by Gasteiger charge is 2.12. The molecule has 0 amide bonds. The molecule has 1 atom stereocenters. The van der Waals surface area contributed by atoms with Crippen molar-refractivity contribution in [1.29, 1.82) is 0 Å². The van der Waals surface area contributed by atoms with Gasteiger partial charge in [-0.25, -0.2) is 0 Å². The zero-order valence-corrected chi connectivity index (χ0v) is 12.5. The van der Waals surface area contributed by atoms with E-state index in [2.05, 4.69) is 51.1 Å². The number of benzene rings is 2. The summed E-state index contributed by atoms with van der Waals surface area (Å²) < 4.78 is 6.01.